The monoisotopic (exact) mass is 366 g/mol. The minimum absolute atomic E-state index is 0.0125. The molecule has 0 fully saturated rings. The third-order valence-electron chi connectivity index (χ3n) is 3.98. The predicted molar refractivity (Wildman–Crippen MR) is 97.1 cm³/mol. The van der Waals surface area contributed by atoms with Crippen LogP contribution in [0.2, 0.25) is 0 Å². The van der Waals surface area contributed by atoms with Crippen molar-refractivity contribution in [2.75, 3.05) is 18.6 Å². The molecular weight excluding hydrogens is 343 g/mol. The van der Waals surface area contributed by atoms with Gasteiger partial charge in [0, 0.05) is 6.26 Å². The number of halogens is 1. The zero-order chi connectivity index (χ0) is 18.6. The first-order chi connectivity index (χ1) is 11.7. The molecule has 0 aliphatic rings. The van der Waals surface area contributed by atoms with E-state index in [9.17, 15) is 17.9 Å². The molecule has 25 heavy (non-hydrogen) atoms. The maximum atomic E-state index is 14.7. The predicted octanol–water partition coefficient (Wildman–Crippen LogP) is 3.42. The Morgan fingerprint density at radius 1 is 1.20 bits per heavy atom. The van der Waals surface area contributed by atoms with Crippen LogP contribution in [0.15, 0.2) is 30.3 Å². The van der Waals surface area contributed by atoms with Gasteiger partial charge in [0.15, 0.2) is 11.6 Å². The Morgan fingerprint density at radius 3 is 2.56 bits per heavy atom. The van der Waals surface area contributed by atoms with E-state index in [0.29, 0.717) is 12.0 Å². The van der Waals surface area contributed by atoms with Gasteiger partial charge in [-0.3, -0.25) is 0 Å². The van der Waals surface area contributed by atoms with Gasteiger partial charge in [0.05, 0.1) is 19.0 Å². The molecule has 0 bridgehead atoms. The van der Waals surface area contributed by atoms with E-state index in [1.165, 1.54) is 0 Å². The van der Waals surface area contributed by atoms with Crippen molar-refractivity contribution in [1.29, 1.82) is 0 Å². The lowest BCUT2D eigenvalue weighted by molar-refractivity contribution is 0.282. The first-order valence-corrected chi connectivity index (χ1v) is 10.1. The first kappa shape index (κ1) is 19.4. The summed E-state index contributed by atoms with van der Waals surface area (Å²) in [7, 11) is -3.05. The molecule has 136 valence electrons. The SMILES string of the molecule is Cc1cc(OCCCS(C)(=O)=O)c(F)c(C)c1-c1cccc(CO)c1. The minimum Gasteiger partial charge on any atom is -0.490 e. The van der Waals surface area contributed by atoms with E-state index in [1.807, 2.05) is 31.2 Å². The number of rotatable bonds is 7. The quantitative estimate of drug-likeness (QED) is 0.763. The van der Waals surface area contributed by atoms with E-state index in [0.717, 1.165) is 28.5 Å². The van der Waals surface area contributed by atoms with Crippen molar-refractivity contribution in [1.82, 2.24) is 0 Å². The molecule has 0 atom stereocenters. The largest absolute Gasteiger partial charge is 0.490 e. The van der Waals surface area contributed by atoms with E-state index in [1.54, 1.807) is 13.0 Å². The van der Waals surface area contributed by atoms with Gasteiger partial charge < -0.3 is 9.84 Å². The van der Waals surface area contributed by atoms with Gasteiger partial charge in [-0.2, -0.15) is 0 Å². The van der Waals surface area contributed by atoms with Crippen LogP contribution in [-0.4, -0.2) is 32.1 Å². The second-order valence-electron chi connectivity index (χ2n) is 6.20. The molecular formula is C19H23FO4S. The molecule has 0 saturated heterocycles. The van der Waals surface area contributed by atoms with E-state index in [2.05, 4.69) is 0 Å². The van der Waals surface area contributed by atoms with Crippen LogP contribution in [0.25, 0.3) is 11.1 Å². The zero-order valence-electron chi connectivity index (χ0n) is 14.7. The topological polar surface area (TPSA) is 63.6 Å². The highest BCUT2D eigenvalue weighted by Crippen LogP contribution is 2.34. The number of aliphatic hydroxyl groups excluding tert-OH is 1. The van der Waals surface area contributed by atoms with Crippen LogP contribution < -0.4 is 4.74 Å². The van der Waals surface area contributed by atoms with Crippen LogP contribution in [0.5, 0.6) is 5.75 Å². The number of benzene rings is 2. The summed E-state index contributed by atoms with van der Waals surface area (Å²) in [6, 6.07) is 8.97. The van der Waals surface area contributed by atoms with Crippen LogP contribution in [0, 0.1) is 19.7 Å². The van der Waals surface area contributed by atoms with Crippen LogP contribution in [0.1, 0.15) is 23.1 Å². The number of hydrogen-bond acceptors (Lipinski definition) is 4. The standard InChI is InChI=1S/C19H23FO4S/c1-13-10-17(24-8-5-9-25(3,22)23)19(20)14(2)18(13)16-7-4-6-15(11-16)12-21/h4,6-7,10-11,21H,5,8-9,12H2,1-3H3. The van der Waals surface area contributed by atoms with Gasteiger partial charge in [-0.05, 0) is 60.2 Å². The second-order valence-corrected chi connectivity index (χ2v) is 8.46. The Labute approximate surface area is 148 Å². The normalized spacial score (nSPS) is 11.6. The summed E-state index contributed by atoms with van der Waals surface area (Å²) in [5.74, 6) is -0.307. The van der Waals surface area contributed by atoms with Crippen molar-refractivity contribution >= 4 is 9.84 Å². The Hall–Kier alpha value is -1.92. The molecule has 2 rings (SSSR count). The molecule has 0 aliphatic heterocycles. The minimum atomic E-state index is -3.05. The Bertz CT molecular complexity index is 860. The van der Waals surface area contributed by atoms with Crippen LogP contribution in [-0.2, 0) is 16.4 Å². The van der Waals surface area contributed by atoms with Crippen molar-refractivity contribution in [2.45, 2.75) is 26.9 Å². The highest BCUT2D eigenvalue weighted by molar-refractivity contribution is 7.90. The van der Waals surface area contributed by atoms with Crippen molar-refractivity contribution < 1.29 is 22.7 Å². The Kier molecular flexibility index (Phi) is 6.19. The fraction of sp³-hybridized carbons (Fsp3) is 0.368. The number of hydrogen-bond donors (Lipinski definition) is 1. The van der Waals surface area contributed by atoms with Gasteiger partial charge in [0.2, 0.25) is 0 Å². The smallest absolute Gasteiger partial charge is 0.168 e. The maximum absolute atomic E-state index is 14.7. The Balaban J connectivity index is 2.26. The lowest BCUT2D eigenvalue weighted by atomic mass is 9.94. The third kappa shape index (κ3) is 5.03. The van der Waals surface area contributed by atoms with Crippen LogP contribution >= 0.6 is 0 Å². The van der Waals surface area contributed by atoms with Crippen molar-refractivity contribution in [3.8, 4) is 16.9 Å². The van der Waals surface area contributed by atoms with E-state index < -0.39 is 15.7 Å². The molecule has 0 heterocycles. The summed E-state index contributed by atoms with van der Waals surface area (Å²) in [6.45, 7) is 3.63. The fourth-order valence-corrected chi connectivity index (χ4v) is 3.44. The summed E-state index contributed by atoms with van der Waals surface area (Å²) in [4.78, 5) is 0. The van der Waals surface area contributed by atoms with Crippen molar-refractivity contribution in [3.63, 3.8) is 0 Å². The summed E-state index contributed by atoms with van der Waals surface area (Å²) in [5.41, 5.74) is 3.69. The number of aliphatic hydroxyl groups is 1. The molecule has 0 aliphatic carbocycles. The zero-order valence-corrected chi connectivity index (χ0v) is 15.5. The van der Waals surface area contributed by atoms with Crippen molar-refractivity contribution in [3.05, 3.63) is 52.8 Å². The molecule has 0 spiro atoms. The number of sulfone groups is 1. The third-order valence-corrected chi connectivity index (χ3v) is 5.01. The van der Waals surface area contributed by atoms with Gasteiger partial charge in [0.25, 0.3) is 0 Å². The lowest BCUT2D eigenvalue weighted by Gasteiger charge is -2.16. The summed E-state index contributed by atoms with van der Waals surface area (Å²) < 4.78 is 42.4. The van der Waals surface area contributed by atoms with Gasteiger partial charge in [0.1, 0.15) is 9.84 Å². The fourth-order valence-electron chi connectivity index (χ4n) is 2.80. The summed E-state index contributed by atoms with van der Waals surface area (Å²) >= 11 is 0. The van der Waals surface area contributed by atoms with Crippen LogP contribution in [0.3, 0.4) is 0 Å². The molecule has 0 aromatic heterocycles. The molecule has 6 heteroatoms. The molecule has 4 nitrogen and oxygen atoms in total. The molecule has 0 radical (unpaired) electrons. The first-order valence-electron chi connectivity index (χ1n) is 8.03. The molecule has 1 N–H and O–H groups in total. The van der Waals surface area contributed by atoms with Gasteiger partial charge in [-0.15, -0.1) is 0 Å². The van der Waals surface area contributed by atoms with Crippen molar-refractivity contribution in [2.24, 2.45) is 0 Å². The highest BCUT2D eigenvalue weighted by atomic mass is 32.2. The number of aryl methyl sites for hydroxylation is 1. The molecule has 0 amide bonds. The Morgan fingerprint density at radius 2 is 1.92 bits per heavy atom. The lowest BCUT2D eigenvalue weighted by Crippen LogP contribution is -2.09. The van der Waals surface area contributed by atoms with Gasteiger partial charge in [-0.1, -0.05) is 18.2 Å². The molecule has 2 aromatic rings. The summed E-state index contributed by atoms with van der Waals surface area (Å²) in [5, 5.41) is 9.29. The molecule has 2 aromatic carbocycles. The van der Waals surface area contributed by atoms with E-state index in [-0.39, 0.29) is 24.7 Å². The summed E-state index contributed by atoms with van der Waals surface area (Å²) in [6.07, 6.45) is 1.48. The second kappa shape index (κ2) is 7.97. The van der Waals surface area contributed by atoms with Crippen LogP contribution in [0.4, 0.5) is 4.39 Å². The number of ether oxygens (including phenoxy) is 1. The maximum Gasteiger partial charge on any atom is 0.168 e. The van der Waals surface area contributed by atoms with Gasteiger partial charge in [-0.25, -0.2) is 12.8 Å². The van der Waals surface area contributed by atoms with E-state index >= 15 is 0 Å². The van der Waals surface area contributed by atoms with E-state index in [4.69, 9.17) is 4.74 Å². The average Bonchev–Trinajstić information content (AvgIpc) is 2.55. The average molecular weight is 366 g/mol. The van der Waals surface area contributed by atoms with Gasteiger partial charge >= 0.3 is 0 Å². The molecule has 0 unspecified atom stereocenters. The molecule has 0 saturated carbocycles. The highest BCUT2D eigenvalue weighted by Gasteiger charge is 2.16.